The Kier molecular flexibility index (Phi) is 12.3. The lowest BCUT2D eigenvalue weighted by Gasteiger charge is -2.13. The molecule has 0 saturated heterocycles. The number of nitrogens with one attached hydrogen (secondary N) is 3. The van der Waals surface area contributed by atoms with E-state index in [1.807, 2.05) is 31.2 Å². The van der Waals surface area contributed by atoms with Crippen molar-refractivity contribution >= 4 is 35.8 Å². The van der Waals surface area contributed by atoms with Crippen molar-refractivity contribution in [3.05, 3.63) is 35.4 Å². The van der Waals surface area contributed by atoms with Gasteiger partial charge in [-0.1, -0.05) is 32.9 Å². The average molecular weight is 460 g/mol. The van der Waals surface area contributed by atoms with Crippen molar-refractivity contribution in [2.24, 2.45) is 10.9 Å². The SMILES string of the molecule is CCC(C)NC(=O)c1ccc(CNC(=NC)NCCC(C)C)cc1.I. The number of carbonyl (C=O) groups excluding carboxylic acids is 1. The van der Waals surface area contributed by atoms with Gasteiger partial charge in [-0.25, -0.2) is 0 Å². The third-order valence-corrected chi connectivity index (χ3v) is 3.90. The van der Waals surface area contributed by atoms with Crippen molar-refractivity contribution in [3.8, 4) is 0 Å². The van der Waals surface area contributed by atoms with Crippen LogP contribution in [0.25, 0.3) is 0 Å². The first-order chi connectivity index (χ1) is 11.5. The van der Waals surface area contributed by atoms with E-state index in [2.05, 4.69) is 41.7 Å². The fourth-order valence-electron chi connectivity index (χ4n) is 2.07. The van der Waals surface area contributed by atoms with Crippen LogP contribution in [0.4, 0.5) is 0 Å². The van der Waals surface area contributed by atoms with Crippen molar-refractivity contribution in [1.29, 1.82) is 0 Å². The normalized spacial score (nSPS) is 12.3. The van der Waals surface area contributed by atoms with Crippen molar-refractivity contribution < 1.29 is 4.79 Å². The molecule has 1 aromatic rings. The molecule has 6 heteroatoms. The molecule has 0 saturated carbocycles. The van der Waals surface area contributed by atoms with Crippen LogP contribution in [0, 0.1) is 5.92 Å². The molecule has 25 heavy (non-hydrogen) atoms. The molecule has 1 aromatic carbocycles. The summed E-state index contributed by atoms with van der Waals surface area (Å²) in [6.45, 7) is 10.1. The summed E-state index contributed by atoms with van der Waals surface area (Å²) in [6, 6.07) is 7.87. The fourth-order valence-corrected chi connectivity index (χ4v) is 2.07. The molecule has 0 aromatic heterocycles. The summed E-state index contributed by atoms with van der Waals surface area (Å²) in [6.07, 6.45) is 2.04. The summed E-state index contributed by atoms with van der Waals surface area (Å²) < 4.78 is 0. The summed E-state index contributed by atoms with van der Waals surface area (Å²) in [5.74, 6) is 1.45. The van der Waals surface area contributed by atoms with E-state index in [1.165, 1.54) is 0 Å². The minimum atomic E-state index is -0.0185. The second kappa shape index (κ2) is 13.0. The van der Waals surface area contributed by atoms with Gasteiger partial charge in [0.1, 0.15) is 0 Å². The second-order valence-electron chi connectivity index (χ2n) is 6.51. The molecule has 1 atom stereocenters. The van der Waals surface area contributed by atoms with E-state index in [4.69, 9.17) is 0 Å². The summed E-state index contributed by atoms with van der Waals surface area (Å²) in [5, 5.41) is 9.56. The van der Waals surface area contributed by atoms with Gasteiger partial charge in [-0.2, -0.15) is 0 Å². The molecule has 5 nitrogen and oxygen atoms in total. The number of carbonyl (C=O) groups is 1. The third kappa shape index (κ3) is 9.67. The zero-order valence-corrected chi connectivity index (χ0v) is 18.4. The first-order valence-electron chi connectivity index (χ1n) is 8.80. The number of aliphatic imine (C=N–C) groups is 1. The Balaban J connectivity index is 0.00000576. The van der Waals surface area contributed by atoms with Crippen LogP contribution in [-0.2, 0) is 6.54 Å². The zero-order chi connectivity index (χ0) is 17.9. The molecule has 1 amide bonds. The van der Waals surface area contributed by atoms with Crippen molar-refractivity contribution in [3.63, 3.8) is 0 Å². The summed E-state index contributed by atoms with van der Waals surface area (Å²) >= 11 is 0. The molecule has 0 fully saturated rings. The Morgan fingerprint density at radius 1 is 1.12 bits per heavy atom. The van der Waals surface area contributed by atoms with Crippen LogP contribution in [0.2, 0.25) is 0 Å². The lowest BCUT2D eigenvalue weighted by Crippen LogP contribution is -2.37. The largest absolute Gasteiger partial charge is 0.356 e. The quantitative estimate of drug-likeness (QED) is 0.316. The fraction of sp³-hybridized carbons (Fsp3) is 0.579. The highest BCUT2D eigenvalue weighted by Gasteiger charge is 2.08. The van der Waals surface area contributed by atoms with Crippen LogP contribution >= 0.6 is 24.0 Å². The van der Waals surface area contributed by atoms with Crippen LogP contribution in [0.3, 0.4) is 0 Å². The predicted octanol–water partition coefficient (Wildman–Crippen LogP) is 3.54. The van der Waals surface area contributed by atoms with Crippen LogP contribution in [0.15, 0.2) is 29.3 Å². The maximum absolute atomic E-state index is 12.1. The zero-order valence-electron chi connectivity index (χ0n) is 16.1. The van der Waals surface area contributed by atoms with Gasteiger partial charge in [-0.3, -0.25) is 9.79 Å². The summed E-state index contributed by atoms with van der Waals surface area (Å²) in [7, 11) is 1.77. The van der Waals surface area contributed by atoms with E-state index >= 15 is 0 Å². The van der Waals surface area contributed by atoms with E-state index in [1.54, 1.807) is 7.05 Å². The molecule has 3 N–H and O–H groups in total. The minimum absolute atomic E-state index is 0. The molecular weight excluding hydrogens is 427 g/mol. The Labute approximate surface area is 169 Å². The van der Waals surface area contributed by atoms with Gasteiger partial charge in [0.15, 0.2) is 5.96 Å². The second-order valence-corrected chi connectivity index (χ2v) is 6.51. The topological polar surface area (TPSA) is 65.5 Å². The van der Waals surface area contributed by atoms with Crippen molar-refractivity contribution in [2.75, 3.05) is 13.6 Å². The molecule has 0 aliphatic rings. The molecule has 1 rings (SSSR count). The number of benzene rings is 1. The number of hydrogen-bond acceptors (Lipinski definition) is 2. The van der Waals surface area contributed by atoms with Gasteiger partial charge in [0.25, 0.3) is 5.91 Å². The number of nitrogens with zero attached hydrogens (tertiary/aromatic N) is 1. The van der Waals surface area contributed by atoms with E-state index in [9.17, 15) is 4.79 Å². The van der Waals surface area contributed by atoms with Crippen LogP contribution in [0.1, 0.15) is 56.5 Å². The molecular formula is C19H33IN4O. The summed E-state index contributed by atoms with van der Waals surface area (Å²) in [5.41, 5.74) is 1.81. The smallest absolute Gasteiger partial charge is 0.251 e. The Morgan fingerprint density at radius 3 is 2.28 bits per heavy atom. The van der Waals surface area contributed by atoms with E-state index in [-0.39, 0.29) is 35.9 Å². The molecule has 0 heterocycles. The highest BCUT2D eigenvalue weighted by Crippen LogP contribution is 2.05. The van der Waals surface area contributed by atoms with Crippen LogP contribution < -0.4 is 16.0 Å². The third-order valence-electron chi connectivity index (χ3n) is 3.90. The first-order valence-corrected chi connectivity index (χ1v) is 8.80. The molecule has 0 bridgehead atoms. The molecule has 0 aliphatic heterocycles. The average Bonchev–Trinajstić information content (AvgIpc) is 2.57. The van der Waals surface area contributed by atoms with Crippen molar-refractivity contribution in [1.82, 2.24) is 16.0 Å². The lowest BCUT2D eigenvalue weighted by molar-refractivity contribution is 0.0939. The molecule has 142 valence electrons. The van der Waals surface area contributed by atoms with Crippen LogP contribution in [-0.4, -0.2) is 31.5 Å². The summed E-state index contributed by atoms with van der Waals surface area (Å²) in [4.78, 5) is 16.3. The van der Waals surface area contributed by atoms with Gasteiger partial charge in [-0.05, 0) is 43.4 Å². The molecule has 0 radical (unpaired) electrons. The Morgan fingerprint density at radius 2 is 1.76 bits per heavy atom. The predicted molar refractivity (Wildman–Crippen MR) is 117 cm³/mol. The number of guanidine groups is 1. The van der Waals surface area contributed by atoms with E-state index < -0.39 is 0 Å². The number of halogens is 1. The molecule has 1 unspecified atom stereocenters. The molecule has 0 aliphatic carbocycles. The Bertz CT molecular complexity index is 529. The molecule has 0 spiro atoms. The number of amides is 1. The monoisotopic (exact) mass is 460 g/mol. The van der Waals surface area contributed by atoms with Gasteiger partial charge in [-0.15, -0.1) is 24.0 Å². The van der Waals surface area contributed by atoms with Gasteiger partial charge >= 0.3 is 0 Å². The van der Waals surface area contributed by atoms with Crippen molar-refractivity contribution in [2.45, 2.75) is 53.1 Å². The highest BCUT2D eigenvalue weighted by atomic mass is 127. The number of rotatable bonds is 8. The van der Waals surface area contributed by atoms with E-state index in [0.717, 1.165) is 30.9 Å². The van der Waals surface area contributed by atoms with Gasteiger partial charge < -0.3 is 16.0 Å². The van der Waals surface area contributed by atoms with E-state index in [0.29, 0.717) is 18.0 Å². The van der Waals surface area contributed by atoms with Gasteiger partial charge in [0.2, 0.25) is 0 Å². The van der Waals surface area contributed by atoms with Crippen LogP contribution in [0.5, 0.6) is 0 Å². The minimum Gasteiger partial charge on any atom is -0.356 e. The Hall–Kier alpha value is -1.31. The number of hydrogen-bond donors (Lipinski definition) is 3. The van der Waals surface area contributed by atoms with Gasteiger partial charge in [0, 0.05) is 31.7 Å². The lowest BCUT2D eigenvalue weighted by atomic mass is 10.1. The standard InChI is InChI=1S/C19H32N4O.HI/c1-6-15(4)23-18(24)17-9-7-16(8-10-17)13-22-19(20-5)21-12-11-14(2)3;/h7-10,14-15H,6,11-13H2,1-5H3,(H,23,24)(H2,20,21,22);1H. The first kappa shape index (κ1) is 23.7. The highest BCUT2D eigenvalue weighted by molar-refractivity contribution is 14.0. The maximum atomic E-state index is 12.1. The maximum Gasteiger partial charge on any atom is 0.251 e. The van der Waals surface area contributed by atoms with Gasteiger partial charge in [0.05, 0.1) is 0 Å².